The van der Waals surface area contributed by atoms with Crippen molar-refractivity contribution in [3.63, 3.8) is 0 Å². The number of nitrogens with zero attached hydrogens (tertiary/aromatic N) is 1. The van der Waals surface area contributed by atoms with Gasteiger partial charge in [0.05, 0.1) is 24.9 Å². The highest BCUT2D eigenvalue weighted by molar-refractivity contribution is 7.13. The molecule has 4 rings (SSSR count). The molecule has 0 fully saturated rings. The van der Waals surface area contributed by atoms with E-state index in [1.165, 1.54) is 11.3 Å². The first-order valence-corrected chi connectivity index (χ1v) is 10.8. The van der Waals surface area contributed by atoms with Crippen LogP contribution >= 0.6 is 11.3 Å². The number of benzene rings is 2. The van der Waals surface area contributed by atoms with Gasteiger partial charge in [-0.05, 0) is 23.8 Å². The minimum Gasteiger partial charge on any atom is -0.496 e. The average Bonchev–Trinajstić information content (AvgIpc) is 3.44. The van der Waals surface area contributed by atoms with Gasteiger partial charge in [-0.2, -0.15) is 0 Å². The van der Waals surface area contributed by atoms with Crippen LogP contribution in [0.2, 0.25) is 0 Å². The van der Waals surface area contributed by atoms with Gasteiger partial charge in [0, 0.05) is 28.9 Å². The fourth-order valence-electron chi connectivity index (χ4n) is 3.43. The van der Waals surface area contributed by atoms with E-state index in [1.807, 2.05) is 53.9 Å². The molecule has 2 aromatic heterocycles. The minimum atomic E-state index is -1.10. The summed E-state index contributed by atoms with van der Waals surface area (Å²) in [5.41, 5.74) is 3.30. The van der Waals surface area contributed by atoms with Crippen LogP contribution in [0.4, 0.5) is 4.79 Å². The van der Waals surface area contributed by atoms with Gasteiger partial charge < -0.3 is 25.5 Å². The van der Waals surface area contributed by atoms with Crippen molar-refractivity contribution in [2.24, 2.45) is 0 Å². The van der Waals surface area contributed by atoms with Crippen molar-refractivity contribution in [3.05, 3.63) is 71.4 Å². The zero-order valence-electron chi connectivity index (χ0n) is 17.3. The highest BCUT2D eigenvalue weighted by Gasteiger charge is 2.22. The Morgan fingerprint density at radius 2 is 1.97 bits per heavy atom. The molecule has 0 aliphatic heterocycles. The summed E-state index contributed by atoms with van der Waals surface area (Å²) in [7, 11) is 1.61. The minimum absolute atomic E-state index is 0.168. The number of rotatable bonds is 8. The van der Waals surface area contributed by atoms with Crippen LogP contribution < -0.4 is 15.4 Å². The van der Waals surface area contributed by atoms with E-state index in [2.05, 4.69) is 20.6 Å². The number of para-hydroxylation sites is 2. The topological polar surface area (TPSA) is 116 Å². The Morgan fingerprint density at radius 3 is 2.78 bits per heavy atom. The van der Waals surface area contributed by atoms with Gasteiger partial charge in [0.1, 0.15) is 16.8 Å². The van der Waals surface area contributed by atoms with E-state index in [0.717, 1.165) is 32.8 Å². The molecule has 0 bridgehead atoms. The van der Waals surface area contributed by atoms with E-state index >= 15 is 0 Å². The largest absolute Gasteiger partial charge is 0.496 e. The number of methoxy groups -OCH3 is 1. The van der Waals surface area contributed by atoms with E-state index < -0.39 is 18.0 Å². The third-order valence-corrected chi connectivity index (χ3v) is 5.95. The fourth-order valence-corrected chi connectivity index (χ4v) is 4.28. The van der Waals surface area contributed by atoms with Crippen LogP contribution in [0.3, 0.4) is 0 Å². The predicted molar refractivity (Wildman–Crippen MR) is 123 cm³/mol. The number of aliphatic carboxylic acids is 1. The number of amides is 2. The molecule has 32 heavy (non-hydrogen) atoms. The maximum atomic E-state index is 12.4. The molecule has 4 N–H and O–H groups in total. The Kier molecular flexibility index (Phi) is 6.37. The van der Waals surface area contributed by atoms with Gasteiger partial charge in [0.15, 0.2) is 0 Å². The molecule has 0 aliphatic carbocycles. The van der Waals surface area contributed by atoms with Gasteiger partial charge >= 0.3 is 12.0 Å². The first-order valence-electron chi connectivity index (χ1n) is 9.95. The number of urea groups is 1. The second kappa shape index (κ2) is 9.52. The van der Waals surface area contributed by atoms with Gasteiger partial charge in [-0.1, -0.05) is 30.3 Å². The smallest absolute Gasteiger partial charge is 0.326 e. The monoisotopic (exact) mass is 450 g/mol. The lowest BCUT2D eigenvalue weighted by atomic mass is 10.1. The van der Waals surface area contributed by atoms with Crippen LogP contribution in [0.15, 0.2) is 60.1 Å². The number of thiazole rings is 1. The summed E-state index contributed by atoms with van der Waals surface area (Å²) in [5, 5.41) is 18.4. The number of hydrogen-bond acceptors (Lipinski definition) is 5. The number of carboxylic acid groups (broad SMARTS) is 1. The molecule has 0 aliphatic rings. The molecule has 2 heterocycles. The second-order valence-corrected chi connectivity index (χ2v) is 7.98. The first kappa shape index (κ1) is 21.4. The van der Waals surface area contributed by atoms with Crippen molar-refractivity contribution in [1.82, 2.24) is 20.6 Å². The molecule has 4 aromatic rings. The molecule has 2 amide bonds. The van der Waals surface area contributed by atoms with Gasteiger partial charge in [-0.25, -0.2) is 14.6 Å². The number of carbonyl (C=O) groups excluding carboxylic acids is 1. The highest BCUT2D eigenvalue weighted by atomic mass is 32.1. The quantitative estimate of drug-likeness (QED) is 0.326. The van der Waals surface area contributed by atoms with Gasteiger partial charge in [-0.15, -0.1) is 11.3 Å². The standard InChI is InChI=1S/C23H22N4O4S/c1-31-20-9-5-3-7-17(20)21-26-15(13-32-21)12-25-23(30)27-19(22(28)29)10-14-11-24-18-8-4-2-6-16(14)18/h2-9,11,13,19,24H,10,12H2,1H3,(H,28,29)(H2,25,27,30). The maximum Gasteiger partial charge on any atom is 0.326 e. The molecule has 8 nitrogen and oxygen atoms in total. The summed E-state index contributed by atoms with van der Waals surface area (Å²) in [6.45, 7) is 0.177. The molecule has 164 valence electrons. The summed E-state index contributed by atoms with van der Waals surface area (Å²) in [4.78, 5) is 31.7. The molecule has 0 saturated carbocycles. The summed E-state index contributed by atoms with van der Waals surface area (Å²) >= 11 is 1.45. The lowest BCUT2D eigenvalue weighted by Gasteiger charge is -2.14. The highest BCUT2D eigenvalue weighted by Crippen LogP contribution is 2.31. The third kappa shape index (κ3) is 4.73. The second-order valence-electron chi connectivity index (χ2n) is 7.13. The number of ether oxygens (including phenoxy) is 1. The summed E-state index contributed by atoms with van der Waals surface area (Å²) in [6, 6.07) is 13.6. The van der Waals surface area contributed by atoms with E-state index in [-0.39, 0.29) is 13.0 Å². The molecule has 9 heteroatoms. The first-order chi connectivity index (χ1) is 15.5. The van der Waals surface area contributed by atoms with Crippen LogP contribution in [0.25, 0.3) is 21.5 Å². The van der Waals surface area contributed by atoms with E-state index in [0.29, 0.717) is 5.69 Å². The third-order valence-electron chi connectivity index (χ3n) is 5.02. The lowest BCUT2D eigenvalue weighted by Crippen LogP contribution is -2.46. The SMILES string of the molecule is COc1ccccc1-c1nc(CNC(=O)NC(Cc2c[nH]c3ccccc23)C(=O)O)cs1. The van der Waals surface area contributed by atoms with Crippen molar-refractivity contribution in [2.75, 3.05) is 7.11 Å². The number of fused-ring (bicyclic) bond motifs is 1. The molecule has 1 atom stereocenters. The number of nitrogens with one attached hydrogen (secondary N) is 3. The molecule has 2 aromatic carbocycles. The molecule has 0 radical (unpaired) electrons. The van der Waals surface area contributed by atoms with Crippen LogP contribution in [0, 0.1) is 0 Å². The fraction of sp³-hybridized carbons (Fsp3) is 0.174. The molecular formula is C23H22N4O4S. The lowest BCUT2D eigenvalue weighted by molar-refractivity contribution is -0.139. The van der Waals surface area contributed by atoms with Gasteiger partial charge in [0.25, 0.3) is 0 Å². The van der Waals surface area contributed by atoms with Gasteiger partial charge in [-0.3, -0.25) is 0 Å². The summed E-state index contributed by atoms with van der Waals surface area (Å²) in [6.07, 6.45) is 1.94. The Bertz CT molecular complexity index is 1250. The Hall–Kier alpha value is -3.85. The van der Waals surface area contributed by atoms with Crippen molar-refractivity contribution in [1.29, 1.82) is 0 Å². The van der Waals surface area contributed by atoms with Crippen LogP contribution in [0.5, 0.6) is 5.75 Å². The van der Waals surface area contributed by atoms with Crippen LogP contribution in [0.1, 0.15) is 11.3 Å². The van der Waals surface area contributed by atoms with E-state index in [9.17, 15) is 14.7 Å². The summed E-state index contributed by atoms with van der Waals surface area (Å²) < 4.78 is 5.37. The number of H-pyrrole nitrogens is 1. The number of aromatic amines is 1. The zero-order chi connectivity index (χ0) is 22.5. The Labute approximate surface area is 188 Å². The van der Waals surface area contributed by atoms with Crippen molar-refractivity contribution in [2.45, 2.75) is 19.0 Å². The van der Waals surface area contributed by atoms with Crippen molar-refractivity contribution in [3.8, 4) is 16.3 Å². The molecule has 1 unspecified atom stereocenters. The Morgan fingerprint density at radius 1 is 1.19 bits per heavy atom. The Balaban J connectivity index is 1.37. The number of hydrogen-bond donors (Lipinski definition) is 4. The number of carboxylic acids is 1. The number of carbonyl (C=O) groups is 2. The van der Waals surface area contributed by atoms with E-state index in [4.69, 9.17) is 4.74 Å². The molecule has 0 spiro atoms. The number of aromatic nitrogens is 2. The van der Waals surface area contributed by atoms with Crippen LogP contribution in [-0.4, -0.2) is 40.2 Å². The van der Waals surface area contributed by atoms with Gasteiger partial charge in [0.2, 0.25) is 0 Å². The predicted octanol–water partition coefficient (Wildman–Crippen LogP) is 3.80. The molecule has 0 saturated heterocycles. The van der Waals surface area contributed by atoms with Crippen molar-refractivity contribution < 1.29 is 19.4 Å². The summed E-state index contributed by atoms with van der Waals surface area (Å²) in [5.74, 6) is -0.377. The average molecular weight is 451 g/mol. The maximum absolute atomic E-state index is 12.4. The zero-order valence-corrected chi connectivity index (χ0v) is 18.1. The normalized spacial score (nSPS) is 11.8. The van der Waals surface area contributed by atoms with Crippen LogP contribution in [-0.2, 0) is 17.8 Å². The molecular weight excluding hydrogens is 428 g/mol. The van der Waals surface area contributed by atoms with E-state index in [1.54, 1.807) is 13.3 Å². The van der Waals surface area contributed by atoms with Crippen molar-refractivity contribution >= 4 is 34.2 Å².